The molecule has 0 unspecified atom stereocenters. The molecule has 0 aliphatic carbocycles. The number of allylic oxidation sites excluding steroid dienone is 1. The number of ketones is 1. The van der Waals surface area contributed by atoms with E-state index < -0.39 is 0 Å². The summed E-state index contributed by atoms with van der Waals surface area (Å²) in [6.45, 7) is 4.81. The lowest BCUT2D eigenvalue weighted by atomic mass is 10.1. The number of amides is 1. The molecular weight excluding hydrogens is 370 g/mol. The number of carbonyl (C=O) groups is 2. The summed E-state index contributed by atoms with van der Waals surface area (Å²) in [5, 5.41) is 2.88. The van der Waals surface area contributed by atoms with Crippen molar-refractivity contribution in [3.8, 4) is 5.13 Å². The summed E-state index contributed by atoms with van der Waals surface area (Å²) in [5.74, 6) is 0.0907. The SMILES string of the molecule is Cc1cc(/C=C/C(=O)c2ccc(N3CCCC3=O)cc2)c(C)n1-c1nccs1. The zero-order chi connectivity index (χ0) is 19.7. The van der Waals surface area contributed by atoms with Gasteiger partial charge in [-0.05, 0) is 68.3 Å². The molecule has 0 spiro atoms. The van der Waals surface area contributed by atoms with Gasteiger partial charge in [0.2, 0.25) is 5.91 Å². The monoisotopic (exact) mass is 391 g/mol. The molecule has 1 aliphatic rings. The fourth-order valence-corrected chi connectivity index (χ4v) is 4.32. The molecule has 1 aliphatic heterocycles. The highest BCUT2D eigenvalue weighted by Crippen LogP contribution is 2.24. The molecular formula is C22H21N3O2S. The number of hydrogen-bond acceptors (Lipinski definition) is 4. The second-order valence-electron chi connectivity index (χ2n) is 6.87. The van der Waals surface area contributed by atoms with E-state index in [-0.39, 0.29) is 11.7 Å². The van der Waals surface area contributed by atoms with Crippen molar-refractivity contribution in [2.24, 2.45) is 0 Å². The number of hydrogen-bond donors (Lipinski definition) is 0. The maximum absolute atomic E-state index is 12.6. The van der Waals surface area contributed by atoms with E-state index in [0.717, 1.165) is 40.7 Å². The first-order chi connectivity index (χ1) is 13.5. The smallest absolute Gasteiger partial charge is 0.227 e. The molecule has 1 amide bonds. The zero-order valence-corrected chi connectivity index (χ0v) is 16.7. The molecule has 28 heavy (non-hydrogen) atoms. The fourth-order valence-electron chi connectivity index (χ4n) is 3.57. The Bertz CT molecular complexity index is 1050. The van der Waals surface area contributed by atoms with Gasteiger partial charge >= 0.3 is 0 Å². The van der Waals surface area contributed by atoms with Crippen molar-refractivity contribution in [1.29, 1.82) is 0 Å². The molecule has 1 aromatic carbocycles. The van der Waals surface area contributed by atoms with Crippen molar-refractivity contribution >= 4 is 34.8 Å². The van der Waals surface area contributed by atoms with Crippen LogP contribution in [-0.2, 0) is 4.79 Å². The fraction of sp³-hybridized carbons (Fsp3) is 0.227. The van der Waals surface area contributed by atoms with E-state index in [1.807, 2.05) is 37.4 Å². The van der Waals surface area contributed by atoms with Crippen molar-refractivity contribution in [3.63, 3.8) is 0 Å². The number of carbonyl (C=O) groups excluding carboxylic acids is 2. The number of benzene rings is 1. The molecule has 5 nitrogen and oxygen atoms in total. The first-order valence-corrected chi connectivity index (χ1v) is 10.1. The van der Waals surface area contributed by atoms with Crippen LogP contribution in [0.15, 0.2) is 48.0 Å². The molecule has 0 atom stereocenters. The minimum absolute atomic E-state index is 0.0571. The molecule has 0 bridgehead atoms. The Balaban J connectivity index is 1.52. The van der Waals surface area contributed by atoms with Gasteiger partial charge in [-0.1, -0.05) is 0 Å². The van der Waals surface area contributed by atoms with Crippen LogP contribution in [0.1, 0.15) is 40.2 Å². The van der Waals surface area contributed by atoms with Gasteiger partial charge in [0.15, 0.2) is 10.9 Å². The van der Waals surface area contributed by atoms with Crippen molar-refractivity contribution in [2.45, 2.75) is 26.7 Å². The predicted molar refractivity (Wildman–Crippen MR) is 112 cm³/mol. The Kier molecular flexibility index (Phi) is 4.96. The van der Waals surface area contributed by atoms with Gasteiger partial charge < -0.3 is 4.90 Å². The second-order valence-corrected chi connectivity index (χ2v) is 7.74. The summed E-state index contributed by atoms with van der Waals surface area (Å²) in [7, 11) is 0. The van der Waals surface area contributed by atoms with Gasteiger partial charge in [-0.2, -0.15) is 0 Å². The van der Waals surface area contributed by atoms with Crippen LogP contribution in [0.3, 0.4) is 0 Å². The highest BCUT2D eigenvalue weighted by Gasteiger charge is 2.21. The van der Waals surface area contributed by atoms with Gasteiger partial charge in [-0.15, -0.1) is 11.3 Å². The molecule has 1 saturated heterocycles. The third-order valence-corrected chi connectivity index (χ3v) is 5.79. The number of aryl methyl sites for hydroxylation is 1. The van der Waals surface area contributed by atoms with Crippen molar-refractivity contribution in [3.05, 3.63) is 70.5 Å². The first-order valence-electron chi connectivity index (χ1n) is 9.26. The van der Waals surface area contributed by atoms with Crippen LogP contribution in [0.5, 0.6) is 0 Å². The van der Waals surface area contributed by atoms with E-state index >= 15 is 0 Å². The molecule has 2 aromatic heterocycles. The van der Waals surface area contributed by atoms with Crippen LogP contribution in [-0.4, -0.2) is 27.8 Å². The minimum Gasteiger partial charge on any atom is -0.312 e. The van der Waals surface area contributed by atoms with Crippen molar-refractivity contribution in [2.75, 3.05) is 11.4 Å². The van der Waals surface area contributed by atoms with Crippen LogP contribution in [0, 0.1) is 13.8 Å². The maximum atomic E-state index is 12.6. The molecule has 0 radical (unpaired) electrons. The maximum Gasteiger partial charge on any atom is 0.227 e. The average Bonchev–Trinajstić information content (AvgIpc) is 3.41. The van der Waals surface area contributed by atoms with E-state index in [0.29, 0.717) is 12.0 Å². The molecule has 0 saturated carbocycles. The third-order valence-electron chi connectivity index (χ3n) is 5.03. The number of anilines is 1. The zero-order valence-electron chi connectivity index (χ0n) is 15.9. The van der Waals surface area contributed by atoms with E-state index in [4.69, 9.17) is 0 Å². The van der Waals surface area contributed by atoms with Crippen LogP contribution >= 0.6 is 11.3 Å². The Morgan fingerprint density at radius 1 is 1.21 bits per heavy atom. The summed E-state index contributed by atoms with van der Waals surface area (Å²) in [6.07, 6.45) is 6.73. The topological polar surface area (TPSA) is 55.2 Å². The van der Waals surface area contributed by atoms with Crippen LogP contribution in [0.25, 0.3) is 11.2 Å². The molecule has 0 N–H and O–H groups in total. The normalized spacial score (nSPS) is 14.4. The van der Waals surface area contributed by atoms with Gasteiger partial charge in [0.25, 0.3) is 0 Å². The molecule has 142 valence electrons. The van der Waals surface area contributed by atoms with Gasteiger partial charge in [0, 0.05) is 47.2 Å². The Morgan fingerprint density at radius 2 is 2.00 bits per heavy atom. The van der Waals surface area contributed by atoms with Crippen LogP contribution in [0.2, 0.25) is 0 Å². The van der Waals surface area contributed by atoms with Gasteiger partial charge in [0.1, 0.15) is 0 Å². The number of aromatic nitrogens is 2. The summed E-state index contributed by atoms with van der Waals surface area (Å²) in [4.78, 5) is 30.6. The standard InChI is InChI=1S/C22H21N3O2S/c1-15-14-18(16(2)25(15)22-23-11-13-28-22)7-10-20(26)17-5-8-19(9-6-17)24-12-3-4-21(24)27/h5-11,13-14H,3-4,12H2,1-2H3/b10-7+. The quantitative estimate of drug-likeness (QED) is 0.473. The summed E-state index contributed by atoms with van der Waals surface area (Å²) >= 11 is 1.58. The predicted octanol–water partition coefficient (Wildman–Crippen LogP) is 4.57. The van der Waals surface area contributed by atoms with E-state index in [9.17, 15) is 9.59 Å². The summed E-state index contributed by atoms with van der Waals surface area (Å²) in [6, 6.07) is 9.32. The van der Waals surface area contributed by atoms with E-state index in [1.165, 1.54) is 0 Å². The Morgan fingerprint density at radius 3 is 2.64 bits per heavy atom. The molecule has 1 fully saturated rings. The Hall–Kier alpha value is -2.99. The Labute approximate surface area is 167 Å². The lowest BCUT2D eigenvalue weighted by Gasteiger charge is -2.15. The summed E-state index contributed by atoms with van der Waals surface area (Å²) in [5.41, 5.74) is 4.61. The van der Waals surface area contributed by atoms with E-state index in [1.54, 1.807) is 40.6 Å². The number of rotatable bonds is 5. The molecule has 4 rings (SSSR count). The summed E-state index contributed by atoms with van der Waals surface area (Å²) < 4.78 is 2.09. The van der Waals surface area contributed by atoms with Crippen LogP contribution in [0.4, 0.5) is 5.69 Å². The van der Waals surface area contributed by atoms with Gasteiger partial charge in [-0.3, -0.25) is 14.2 Å². The van der Waals surface area contributed by atoms with Crippen molar-refractivity contribution in [1.82, 2.24) is 9.55 Å². The highest BCUT2D eigenvalue weighted by atomic mass is 32.1. The van der Waals surface area contributed by atoms with Gasteiger partial charge in [0.05, 0.1) is 0 Å². The third kappa shape index (κ3) is 3.43. The molecule has 6 heteroatoms. The second kappa shape index (κ2) is 7.56. The largest absolute Gasteiger partial charge is 0.312 e. The average molecular weight is 391 g/mol. The number of thiazole rings is 1. The molecule has 3 aromatic rings. The first kappa shape index (κ1) is 18.4. The van der Waals surface area contributed by atoms with Crippen molar-refractivity contribution < 1.29 is 9.59 Å². The molecule has 3 heterocycles. The van der Waals surface area contributed by atoms with Crippen LogP contribution < -0.4 is 4.90 Å². The lowest BCUT2D eigenvalue weighted by molar-refractivity contribution is -0.117. The lowest BCUT2D eigenvalue weighted by Crippen LogP contribution is -2.23. The van der Waals surface area contributed by atoms with Gasteiger partial charge in [-0.25, -0.2) is 4.98 Å². The minimum atomic E-state index is -0.0571. The number of nitrogens with zero attached hydrogens (tertiary/aromatic N) is 3. The highest BCUT2D eigenvalue weighted by molar-refractivity contribution is 7.12. The van der Waals surface area contributed by atoms with E-state index in [2.05, 4.69) is 15.6 Å².